The maximum atomic E-state index is 6.04. The molecule has 1 aliphatic rings. The molecule has 0 saturated carbocycles. The van der Waals surface area contributed by atoms with Crippen LogP contribution in [-0.2, 0) is 17.7 Å². The van der Waals surface area contributed by atoms with Crippen molar-refractivity contribution in [2.75, 3.05) is 6.54 Å². The van der Waals surface area contributed by atoms with Gasteiger partial charge in [-0.3, -0.25) is 0 Å². The molecule has 0 bridgehead atoms. The summed E-state index contributed by atoms with van der Waals surface area (Å²) in [5.41, 5.74) is 0. The van der Waals surface area contributed by atoms with Crippen LogP contribution in [0.4, 0.5) is 0 Å². The van der Waals surface area contributed by atoms with Gasteiger partial charge in [-0.15, -0.1) is 0 Å². The number of aromatic nitrogens is 2. The Morgan fingerprint density at radius 2 is 2.32 bits per heavy atom. The molecule has 1 aromatic rings. The number of nitrogens with one attached hydrogen (secondary N) is 1. The van der Waals surface area contributed by atoms with Crippen LogP contribution in [0.25, 0.3) is 0 Å². The van der Waals surface area contributed by atoms with E-state index in [4.69, 9.17) is 4.74 Å². The minimum atomic E-state index is 0.337. The van der Waals surface area contributed by atoms with E-state index in [1.54, 1.807) is 0 Å². The van der Waals surface area contributed by atoms with E-state index in [-0.39, 0.29) is 0 Å². The zero-order valence-corrected chi connectivity index (χ0v) is 12.4. The van der Waals surface area contributed by atoms with Crippen LogP contribution in [0.2, 0.25) is 0 Å². The second-order valence-corrected chi connectivity index (χ2v) is 5.46. The maximum Gasteiger partial charge on any atom is 0.110 e. The first-order valence-electron chi connectivity index (χ1n) is 7.63. The minimum absolute atomic E-state index is 0.337. The SMILES string of the molecule is CCCNC(Cc1nccn1CC)C1CCC(C)O1. The molecule has 4 heteroatoms. The summed E-state index contributed by atoms with van der Waals surface area (Å²) in [6, 6.07) is 0.387. The van der Waals surface area contributed by atoms with Crippen LogP contribution in [0.5, 0.6) is 0 Å². The number of aryl methyl sites for hydroxylation is 1. The molecule has 108 valence electrons. The van der Waals surface area contributed by atoms with Crippen molar-refractivity contribution in [3.63, 3.8) is 0 Å². The van der Waals surface area contributed by atoms with Gasteiger partial charge in [0.05, 0.1) is 12.2 Å². The zero-order chi connectivity index (χ0) is 13.7. The van der Waals surface area contributed by atoms with E-state index in [1.807, 2.05) is 6.20 Å². The molecule has 2 rings (SSSR count). The molecule has 0 aromatic carbocycles. The van der Waals surface area contributed by atoms with E-state index in [1.165, 1.54) is 12.2 Å². The molecule has 3 atom stereocenters. The van der Waals surface area contributed by atoms with Gasteiger partial charge < -0.3 is 14.6 Å². The van der Waals surface area contributed by atoms with Crippen molar-refractivity contribution in [1.82, 2.24) is 14.9 Å². The molecule has 2 heterocycles. The fourth-order valence-corrected chi connectivity index (χ4v) is 2.81. The van der Waals surface area contributed by atoms with E-state index in [9.17, 15) is 0 Å². The van der Waals surface area contributed by atoms with Gasteiger partial charge in [-0.25, -0.2) is 4.98 Å². The number of hydrogen-bond donors (Lipinski definition) is 1. The van der Waals surface area contributed by atoms with E-state index < -0.39 is 0 Å². The van der Waals surface area contributed by atoms with Crippen LogP contribution in [0.1, 0.15) is 45.9 Å². The highest BCUT2D eigenvalue weighted by atomic mass is 16.5. The molecule has 0 amide bonds. The summed E-state index contributed by atoms with van der Waals surface area (Å²) in [5, 5.41) is 3.64. The predicted molar refractivity (Wildman–Crippen MR) is 77.3 cm³/mol. The Hall–Kier alpha value is -0.870. The Labute approximate surface area is 116 Å². The molecule has 19 heavy (non-hydrogen) atoms. The van der Waals surface area contributed by atoms with Crippen molar-refractivity contribution in [1.29, 1.82) is 0 Å². The maximum absolute atomic E-state index is 6.04. The quantitative estimate of drug-likeness (QED) is 0.822. The normalized spacial score (nSPS) is 24.8. The number of ether oxygens (including phenoxy) is 1. The molecule has 0 spiro atoms. The van der Waals surface area contributed by atoms with Gasteiger partial charge in [0, 0.05) is 31.4 Å². The van der Waals surface area contributed by atoms with Gasteiger partial charge in [0.2, 0.25) is 0 Å². The van der Waals surface area contributed by atoms with Crippen molar-refractivity contribution >= 4 is 0 Å². The molecular formula is C15H27N3O. The van der Waals surface area contributed by atoms with Gasteiger partial charge in [0.1, 0.15) is 5.82 Å². The average Bonchev–Trinajstić information content (AvgIpc) is 3.02. The highest BCUT2D eigenvalue weighted by molar-refractivity contribution is 4.98. The smallest absolute Gasteiger partial charge is 0.110 e. The van der Waals surface area contributed by atoms with Gasteiger partial charge in [-0.2, -0.15) is 0 Å². The van der Waals surface area contributed by atoms with Gasteiger partial charge in [-0.05, 0) is 39.7 Å². The molecule has 1 fully saturated rings. The summed E-state index contributed by atoms with van der Waals surface area (Å²) in [6.07, 6.45) is 9.15. The van der Waals surface area contributed by atoms with Gasteiger partial charge in [0.15, 0.2) is 0 Å². The summed E-state index contributed by atoms with van der Waals surface area (Å²) >= 11 is 0. The summed E-state index contributed by atoms with van der Waals surface area (Å²) < 4.78 is 8.26. The summed E-state index contributed by atoms with van der Waals surface area (Å²) in [7, 11) is 0. The van der Waals surface area contributed by atoms with E-state index in [0.717, 1.165) is 32.4 Å². The fourth-order valence-electron chi connectivity index (χ4n) is 2.81. The number of rotatable bonds is 7. The highest BCUT2D eigenvalue weighted by Gasteiger charge is 2.30. The fraction of sp³-hybridized carbons (Fsp3) is 0.800. The Kier molecular flexibility index (Phi) is 5.40. The highest BCUT2D eigenvalue weighted by Crippen LogP contribution is 2.23. The van der Waals surface area contributed by atoms with Crippen molar-refractivity contribution < 1.29 is 4.74 Å². The van der Waals surface area contributed by atoms with Gasteiger partial charge in [0.25, 0.3) is 0 Å². The van der Waals surface area contributed by atoms with Crippen LogP contribution in [0.15, 0.2) is 12.4 Å². The van der Waals surface area contributed by atoms with Crippen molar-refractivity contribution in [2.24, 2.45) is 0 Å². The third-order valence-electron chi connectivity index (χ3n) is 3.92. The van der Waals surface area contributed by atoms with Crippen LogP contribution in [-0.4, -0.2) is 34.3 Å². The number of nitrogens with zero attached hydrogens (tertiary/aromatic N) is 2. The Morgan fingerprint density at radius 1 is 1.47 bits per heavy atom. The Balaban J connectivity index is 2.01. The average molecular weight is 265 g/mol. The second-order valence-electron chi connectivity index (χ2n) is 5.46. The third kappa shape index (κ3) is 3.80. The summed E-state index contributed by atoms with van der Waals surface area (Å²) in [6.45, 7) is 8.57. The van der Waals surface area contributed by atoms with Crippen molar-refractivity contribution in [3.8, 4) is 0 Å². The van der Waals surface area contributed by atoms with Gasteiger partial charge >= 0.3 is 0 Å². The predicted octanol–water partition coefficient (Wildman–Crippen LogP) is 2.38. The zero-order valence-electron chi connectivity index (χ0n) is 12.4. The standard InChI is InChI=1S/C15H27N3O/c1-4-8-16-13(14-7-6-12(3)19-14)11-15-17-9-10-18(15)5-2/h9-10,12-14,16H,4-8,11H2,1-3H3. The lowest BCUT2D eigenvalue weighted by Crippen LogP contribution is -2.42. The van der Waals surface area contributed by atoms with Crippen LogP contribution >= 0.6 is 0 Å². The lowest BCUT2D eigenvalue weighted by molar-refractivity contribution is 0.0315. The molecular weight excluding hydrogens is 238 g/mol. The van der Waals surface area contributed by atoms with Crippen molar-refractivity contribution in [3.05, 3.63) is 18.2 Å². The second kappa shape index (κ2) is 7.06. The Bertz CT molecular complexity index is 377. The molecule has 4 nitrogen and oxygen atoms in total. The lowest BCUT2D eigenvalue weighted by atomic mass is 10.0. The first-order valence-corrected chi connectivity index (χ1v) is 7.63. The van der Waals surface area contributed by atoms with Crippen molar-refractivity contribution in [2.45, 2.75) is 71.2 Å². The molecule has 3 unspecified atom stereocenters. The lowest BCUT2D eigenvalue weighted by Gasteiger charge is -2.25. The largest absolute Gasteiger partial charge is 0.374 e. The van der Waals surface area contributed by atoms with E-state index in [2.05, 4.69) is 41.8 Å². The summed E-state index contributed by atoms with van der Waals surface area (Å²) in [4.78, 5) is 4.49. The molecule has 0 aliphatic carbocycles. The monoisotopic (exact) mass is 265 g/mol. The first kappa shape index (κ1) is 14.5. The molecule has 1 N–H and O–H groups in total. The van der Waals surface area contributed by atoms with Crippen LogP contribution < -0.4 is 5.32 Å². The molecule has 1 aromatic heterocycles. The third-order valence-corrected chi connectivity index (χ3v) is 3.92. The van der Waals surface area contributed by atoms with Gasteiger partial charge in [-0.1, -0.05) is 6.92 Å². The van der Waals surface area contributed by atoms with Crippen LogP contribution in [0, 0.1) is 0 Å². The number of hydrogen-bond acceptors (Lipinski definition) is 3. The molecule has 1 aliphatic heterocycles. The topological polar surface area (TPSA) is 39.1 Å². The van der Waals surface area contributed by atoms with E-state index in [0.29, 0.717) is 18.2 Å². The molecule has 0 radical (unpaired) electrons. The molecule has 1 saturated heterocycles. The van der Waals surface area contributed by atoms with E-state index >= 15 is 0 Å². The minimum Gasteiger partial charge on any atom is -0.374 e. The number of imidazole rings is 1. The van der Waals surface area contributed by atoms with Crippen LogP contribution in [0.3, 0.4) is 0 Å². The Morgan fingerprint density at radius 3 is 2.95 bits per heavy atom. The first-order chi connectivity index (χ1) is 9.24. The summed E-state index contributed by atoms with van der Waals surface area (Å²) in [5.74, 6) is 1.17.